The van der Waals surface area contributed by atoms with Crippen molar-refractivity contribution < 1.29 is 4.74 Å². The van der Waals surface area contributed by atoms with E-state index in [2.05, 4.69) is 37.9 Å². The first-order valence-corrected chi connectivity index (χ1v) is 6.65. The van der Waals surface area contributed by atoms with Crippen molar-refractivity contribution in [3.8, 4) is 0 Å². The molecule has 1 N–H and O–H groups in total. The third-order valence-electron chi connectivity index (χ3n) is 3.30. The van der Waals surface area contributed by atoms with E-state index in [1.54, 1.807) is 7.11 Å². The highest BCUT2D eigenvalue weighted by Gasteiger charge is 2.12. The highest BCUT2D eigenvalue weighted by molar-refractivity contribution is 4.71. The van der Waals surface area contributed by atoms with Crippen molar-refractivity contribution in [1.29, 1.82) is 0 Å². The van der Waals surface area contributed by atoms with Gasteiger partial charge in [-0.05, 0) is 26.3 Å². The first-order chi connectivity index (χ1) is 7.69. The van der Waals surface area contributed by atoms with Crippen LogP contribution in [-0.2, 0) is 4.74 Å². The fraction of sp³-hybridized carbons (Fsp3) is 1.00. The van der Waals surface area contributed by atoms with Gasteiger partial charge in [-0.1, -0.05) is 20.8 Å². The molecule has 0 fully saturated rings. The molecule has 0 bridgehead atoms. The average Bonchev–Trinajstić information content (AvgIpc) is 2.31. The van der Waals surface area contributed by atoms with E-state index in [-0.39, 0.29) is 0 Å². The molecule has 98 valence electrons. The van der Waals surface area contributed by atoms with Gasteiger partial charge >= 0.3 is 0 Å². The van der Waals surface area contributed by atoms with Crippen LogP contribution in [-0.4, -0.2) is 50.3 Å². The van der Waals surface area contributed by atoms with Crippen LogP contribution in [0.25, 0.3) is 0 Å². The standard InChI is InChI=1S/C13H30N2O/c1-6-13(7-2)14-11-12(4)15(8-3)9-10-16-5/h12-14H,6-11H2,1-5H3. The molecule has 0 radical (unpaired) electrons. The summed E-state index contributed by atoms with van der Waals surface area (Å²) in [5, 5.41) is 3.63. The molecule has 0 aromatic heterocycles. The Morgan fingerprint density at radius 2 is 1.81 bits per heavy atom. The number of nitrogens with one attached hydrogen (secondary N) is 1. The van der Waals surface area contributed by atoms with Crippen LogP contribution < -0.4 is 5.32 Å². The highest BCUT2D eigenvalue weighted by Crippen LogP contribution is 2.00. The SMILES string of the molecule is CCC(CC)NCC(C)N(CC)CCOC. The third kappa shape index (κ3) is 6.46. The van der Waals surface area contributed by atoms with Gasteiger partial charge in [-0.3, -0.25) is 4.90 Å². The first kappa shape index (κ1) is 15.9. The summed E-state index contributed by atoms with van der Waals surface area (Å²) in [5.41, 5.74) is 0. The Morgan fingerprint density at radius 1 is 1.19 bits per heavy atom. The van der Waals surface area contributed by atoms with E-state index in [4.69, 9.17) is 4.74 Å². The number of hydrogen-bond acceptors (Lipinski definition) is 3. The summed E-state index contributed by atoms with van der Waals surface area (Å²) in [5.74, 6) is 0. The monoisotopic (exact) mass is 230 g/mol. The predicted octanol–water partition coefficient (Wildman–Crippen LogP) is 2.12. The highest BCUT2D eigenvalue weighted by atomic mass is 16.5. The van der Waals surface area contributed by atoms with Crippen molar-refractivity contribution in [2.75, 3.05) is 33.4 Å². The fourth-order valence-corrected chi connectivity index (χ4v) is 1.94. The summed E-state index contributed by atoms with van der Waals surface area (Å²) in [4.78, 5) is 2.46. The van der Waals surface area contributed by atoms with Gasteiger partial charge in [-0.2, -0.15) is 0 Å². The summed E-state index contributed by atoms with van der Waals surface area (Å²) in [6.45, 7) is 13.0. The Labute approximate surface area is 102 Å². The fourth-order valence-electron chi connectivity index (χ4n) is 1.94. The van der Waals surface area contributed by atoms with Gasteiger partial charge in [-0.15, -0.1) is 0 Å². The van der Waals surface area contributed by atoms with E-state index in [1.807, 2.05) is 0 Å². The number of methoxy groups -OCH3 is 1. The molecule has 0 aliphatic carbocycles. The minimum absolute atomic E-state index is 0.584. The lowest BCUT2D eigenvalue weighted by atomic mass is 10.1. The van der Waals surface area contributed by atoms with Gasteiger partial charge in [-0.25, -0.2) is 0 Å². The summed E-state index contributed by atoms with van der Waals surface area (Å²) < 4.78 is 5.13. The molecule has 0 rings (SSSR count). The molecule has 1 atom stereocenters. The summed E-state index contributed by atoms with van der Waals surface area (Å²) in [7, 11) is 1.76. The van der Waals surface area contributed by atoms with Gasteiger partial charge in [0.15, 0.2) is 0 Å². The van der Waals surface area contributed by atoms with Crippen molar-refractivity contribution in [3.05, 3.63) is 0 Å². The second kappa shape index (κ2) is 10.1. The Morgan fingerprint density at radius 3 is 2.25 bits per heavy atom. The summed E-state index contributed by atoms with van der Waals surface area (Å²) >= 11 is 0. The number of nitrogens with zero attached hydrogens (tertiary/aromatic N) is 1. The predicted molar refractivity (Wildman–Crippen MR) is 71.0 cm³/mol. The van der Waals surface area contributed by atoms with E-state index in [0.717, 1.165) is 26.2 Å². The maximum absolute atomic E-state index is 5.13. The molecule has 0 amide bonds. The zero-order valence-corrected chi connectivity index (χ0v) is 11.8. The lowest BCUT2D eigenvalue weighted by molar-refractivity contribution is 0.126. The maximum atomic E-state index is 5.13. The van der Waals surface area contributed by atoms with Crippen LogP contribution in [0.4, 0.5) is 0 Å². The first-order valence-electron chi connectivity index (χ1n) is 6.65. The molecular weight excluding hydrogens is 200 g/mol. The summed E-state index contributed by atoms with van der Waals surface area (Å²) in [6.07, 6.45) is 2.43. The topological polar surface area (TPSA) is 24.5 Å². The van der Waals surface area contributed by atoms with E-state index < -0.39 is 0 Å². The zero-order chi connectivity index (χ0) is 12.4. The lowest BCUT2D eigenvalue weighted by Crippen LogP contribution is -2.44. The molecule has 3 heteroatoms. The second-order valence-corrected chi connectivity index (χ2v) is 4.39. The normalized spacial score (nSPS) is 13.7. The Kier molecular flexibility index (Phi) is 9.99. The van der Waals surface area contributed by atoms with Gasteiger partial charge in [0.1, 0.15) is 0 Å². The van der Waals surface area contributed by atoms with E-state index >= 15 is 0 Å². The van der Waals surface area contributed by atoms with Crippen LogP contribution in [0.1, 0.15) is 40.5 Å². The molecule has 0 saturated carbocycles. The lowest BCUT2D eigenvalue weighted by Gasteiger charge is -2.29. The molecule has 3 nitrogen and oxygen atoms in total. The van der Waals surface area contributed by atoms with Gasteiger partial charge in [0.25, 0.3) is 0 Å². The Hall–Kier alpha value is -0.120. The van der Waals surface area contributed by atoms with Crippen molar-refractivity contribution in [2.45, 2.75) is 52.6 Å². The van der Waals surface area contributed by atoms with Gasteiger partial charge in [0.2, 0.25) is 0 Å². The van der Waals surface area contributed by atoms with Crippen molar-refractivity contribution in [3.63, 3.8) is 0 Å². The maximum Gasteiger partial charge on any atom is 0.0589 e. The number of rotatable bonds is 10. The smallest absolute Gasteiger partial charge is 0.0589 e. The van der Waals surface area contributed by atoms with Crippen LogP contribution in [0.15, 0.2) is 0 Å². The summed E-state index contributed by atoms with van der Waals surface area (Å²) in [6, 6.07) is 1.25. The molecule has 0 aromatic rings. The number of hydrogen-bond donors (Lipinski definition) is 1. The molecule has 0 aromatic carbocycles. The minimum atomic E-state index is 0.584. The van der Waals surface area contributed by atoms with E-state index in [1.165, 1.54) is 12.8 Å². The van der Waals surface area contributed by atoms with Crippen LogP contribution in [0.3, 0.4) is 0 Å². The van der Waals surface area contributed by atoms with Crippen molar-refractivity contribution in [2.24, 2.45) is 0 Å². The van der Waals surface area contributed by atoms with E-state index in [9.17, 15) is 0 Å². The molecule has 0 spiro atoms. The number of ether oxygens (including phenoxy) is 1. The molecular formula is C13H30N2O. The number of likely N-dealkylation sites (N-methyl/N-ethyl adjacent to an activating group) is 1. The van der Waals surface area contributed by atoms with Gasteiger partial charge < -0.3 is 10.1 Å². The molecule has 16 heavy (non-hydrogen) atoms. The van der Waals surface area contributed by atoms with Crippen LogP contribution >= 0.6 is 0 Å². The Bertz CT molecular complexity index is 149. The van der Waals surface area contributed by atoms with Crippen LogP contribution in [0.2, 0.25) is 0 Å². The van der Waals surface area contributed by atoms with E-state index in [0.29, 0.717) is 12.1 Å². The molecule has 0 aliphatic rings. The average molecular weight is 230 g/mol. The van der Waals surface area contributed by atoms with Crippen molar-refractivity contribution in [1.82, 2.24) is 10.2 Å². The van der Waals surface area contributed by atoms with Crippen LogP contribution in [0.5, 0.6) is 0 Å². The minimum Gasteiger partial charge on any atom is -0.383 e. The third-order valence-corrected chi connectivity index (χ3v) is 3.30. The van der Waals surface area contributed by atoms with Gasteiger partial charge in [0, 0.05) is 32.3 Å². The zero-order valence-electron chi connectivity index (χ0n) is 11.8. The molecule has 1 unspecified atom stereocenters. The Balaban J connectivity index is 3.85. The van der Waals surface area contributed by atoms with Crippen LogP contribution in [0, 0.1) is 0 Å². The molecule has 0 heterocycles. The van der Waals surface area contributed by atoms with Gasteiger partial charge in [0.05, 0.1) is 6.61 Å². The molecule has 0 saturated heterocycles. The van der Waals surface area contributed by atoms with Crippen molar-refractivity contribution >= 4 is 0 Å². The quantitative estimate of drug-likeness (QED) is 0.622. The molecule has 0 aliphatic heterocycles. The largest absolute Gasteiger partial charge is 0.383 e. The second-order valence-electron chi connectivity index (χ2n) is 4.39.